The highest BCUT2D eigenvalue weighted by Crippen LogP contribution is 2.39. The molecule has 2 amide bonds. The van der Waals surface area contributed by atoms with Gasteiger partial charge in [-0.3, -0.25) is 14.5 Å². The molecule has 1 aliphatic rings. The molecule has 0 aliphatic carbocycles. The maximum absolute atomic E-state index is 12.6. The van der Waals surface area contributed by atoms with E-state index in [2.05, 4.69) is 71.1 Å². The lowest BCUT2D eigenvalue weighted by Crippen LogP contribution is -2.37. The van der Waals surface area contributed by atoms with Crippen LogP contribution in [0, 0.1) is 0 Å². The molecule has 1 saturated heterocycles. The molecule has 3 unspecified atom stereocenters. The Balaban J connectivity index is 1.08. The highest BCUT2D eigenvalue weighted by Gasteiger charge is 2.33. The highest BCUT2D eigenvalue weighted by atomic mass is 16.7. The number of para-hydroxylation sites is 2. The minimum Gasteiger partial charge on any atom is -0.397 e. The number of rotatable bonds is 15. The van der Waals surface area contributed by atoms with Crippen molar-refractivity contribution in [2.45, 2.75) is 63.9 Å². The Hall–Kier alpha value is -5.32. The normalized spacial score (nSPS) is 17.0. The number of nitrogens with two attached hydrogens (primary N) is 1. The zero-order chi connectivity index (χ0) is 37.0. The number of benzene rings is 5. The number of nitrogens with zero attached hydrogens (tertiary/aromatic N) is 1. The molecule has 0 aromatic heterocycles. The lowest BCUT2D eigenvalue weighted by Gasteiger charge is -2.38. The second-order valence-electron chi connectivity index (χ2n) is 13.6. The van der Waals surface area contributed by atoms with E-state index >= 15 is 0 Å². The molecule has 1 fully saturated rings. The summed E-state index contributed by atoms with van der Waals surface area (Å²) in [5.41, 5.74) is 14.1. The van der Waals surface area contributed by atoms with Crippen molar-refractivity contribution in [2.24, 2.45) is 0 Å². The Labute approximate surface area is 311 Å². The quantitative estimate of drug-likeness (QED) is 0.0827. The molecule has 6 rings (SSSR count). The average molecular weight is 713 g/mol. The standard InChI is InChI=1S/C44H48N4O5/c1-48(28-31-10-3-2-4-11-31)29-38-26-41(34-22-20-32(30-49)21-23-34)53-44(52-38)37-15-8-14-36(25-37)35-13-7-12-33(24-35)27-46-42(50)18-9-19-43(51)47-40-17-6-5-16-39(40)45/h2-8,10-17,20-25,38,41,44,49H,9,18-19,26-30,45H2,1H3,(H,46,50)(H,47,51). The zero-order valence-corrected chi connectivity index (χ0v) is 30.1. The van der Waals surface area contributed by atoms with Crippen molar-refractivity contribution < 1.29 is 24.2 Å². The Morgan fingerprint density at radius 3 is 2.23 bits per heavy atom. The number of carbonyl (C=O) groups excluding carboxylic acids is 2. The number of aliphatic hydroxyl groups excluding tert-OH is 1. The van der Waals surface area contributed by atoms with Gasteiger partial charge < -0.3 is 30.9 Å². The smallest absolute Gasteiger partial charge is 0.224 e. The summed E-state index contributed by atoms with van der Waals surface area (Å²) in [4.78, 5) is 27.2. The molecule has 0 saturated carbocycles. The molecule has 5 N–H and O–H groups in total. The summed E-state index contributed by atoms with van der Waals surface area (Å²) >= 11 is 0. The monoisotopic (exact) mass is 712 g/mol. The summed E-state index contributed by atoms with van der Waals surface area (Å²) in [6, 6.07) is 41.8. The number of amides is 2. The van der Waals surface area contributed by atoms with Gasteiger partial charge in [-0.05, 0) is 71.1 Å². The van der Waals surface area contributed by atoms with Crippen molar-refractivity contribution in [2.75, 3.05) is 24.6 Å². The maximum Gasteiger partial charge on any atom is 0.224 e. The second-order valence-corrected chi connectivity index (χ2v) is 13.6. The molecule has 53 heavy (non-hydrogen) atoms. The minimum absolute atomic E-state index is 0.00296. The molecule has 274 valence electrons. The fourth-order valence-corrected chi connectivity index (χ4v) is 6.59. The van der Waals surface area contributed by atoms with Gasteiger partial charge in [0.25, 0.3) is 0 Å². The van der Waals surface area contributed by atoms with Crippen molar-refractivity contribution >= 4 is 23.2 Å². The number of nitrogen functional groups attached to an aromatic ring is 1. The topological polar surface area (TPSA) is 126 Å². The van der Waals surface area contributed by atoms with E-state index in [1.165, 1.54) is 5.56 Å². The molecule has 3 atom stereocenters. The average Bonchev–Trinajstić information content (AvgIpc) is 3.18. The number of aliphatic hydroxyl groups is 1. The Morgan fingerprint density at radius 1 is 0.755 bits per heavy atom. The zero-order valence-electron chi connectivity index (χ0n) is 30.1. The SMILES string of the molecule is CN(Cc1ccccc1)CC1CC(c2ccc(CO)cc2)OC(c2cccc(-c3cccc(CNC(=O)CCCC(=O)Nc4ccccc4N)c3)c2)O1. The van der Waals surface area contributed by atoms with Crippen LogP contribution in [0.2, 0.25) is 0 Å². The third-order valence-corrected chi connectivity index (χ3v) is 9.38. The summed E-state index contributed by atoms with van der Waals surface area (Å²) in [6.07, 6.45) is 0.789. The van der Waals surface area contributed by atoms with Gasteiger partial charge in [-0.1, -0.05) is 103 Å². The maximum atomic E-state index is 12.6. The van der Waals surface area contributed by atoms with Crippen LogP contribution in [0.4, 0.5) is 11.4 Å². The summed E-state index contributed by atoms with van der Waals surface area (Å²) in [6.45, 7) is 1.93. The summed E-state index contributed by atoms with van der Waals surface area (Å²) < 4.78 is 13.3. The van der Waals surface area contributed by atoms with Crippen molar-refractivity contribution in [3.8, 4) is 11.1 Å². The van der Waals surface area contributed by atoms with Crippen LogP contribution < -0.4 is 16.4 Å². The van der Waals surface area contributed by atoms with Crippen LogP contribution in [-0.4, -0.2) is 41.5 Å². The van der Waals surface area contributed by atoms with E-state index in [1.807, 2.05) is 66.7 Å². The molecule has 0 bridgehead atoms. The Bertz CT molecular complexity index is 1950. The fraction of sp³-hybridized carbons (Fsp3) is 0.273. The highest BCUT2D eigenvalue weighted by molar-refractivity contribution is 5.94. The van der Waals surface area contributed by atoms with Gasteiger partial charge in [0.1, 0.15) is 0 Å². The third kappa shape index (κ3) is 10.8. The van der Waals surface area contributed by atoms with Crippen molar-refractivity contribution in [1.29, 1.82) is 0 Å². The van der Waals surface area contributed by atoms with Crippen molar-refractivity contribution in [3.63, 3.8) is 0 Å². The third-order valence-electron chi connectivity index (χ3n) is 9.38. The fourth-order valence-electron chi connectivity index (χ4n) is 6.59. The van der Waals surface area contributed by atoms with E-state index < -0.39 is 6.29 Å². The molecule has 0 spiro atoms. The number of nitrogens with one attached hydrogen (secondary N) is 2. The predicted octanol–water partition coefficient (Wildman–Crippen LogP) is 7.53. The van der Waals surface area contributed by atoms with Gasteiger partial charge in [-0.2, -0.15) is 0 Å². The number of hydrogen-bond acceptors (Lipinski definition) is 7. The van der Waals surface area contributed by atoms with E-state index in [9.17, 15) is 14.7 Å². The van der Waals surface area contributed by atoms with Crippen LogP contribution in [0.3, 0.4) is 0 Å². The second kappa shape index (κ2) is 18.4. The van der Waals surface area contributed by atoms with Crippen molar-refractivity contribution in [3.05, 3.63) is 155 Å². The molecule has 9 heteroatoms. The first-order chi connectivity index (χ1) is 25.8. The van der Waals surface area contributed by atoms with E-state index in [0.717, 1.165) is 46.5 Å². The van der Waals surface area contributed by atoms with Crippen molar-refractivity contribution in [1.82, 2.24) is 10.2 Å². The minimum atomic E-state index is -0.573. The predicted molar refractivity (Wildman–Crippen MR) is 208 cm³/mol. The first kappa shape index (κ1) is 37.4. The van der Waals surface area contributed by atoms with E-state index in [1.54, 1.807) is 12.1 Å². The van der Waals surface area contributed by atoms with Gasteiger partial charge in [0.15, 0.2) is 6.29 Å². The van der Waals surface area contributed by atoms with Gasteiger partial charge in [0.05, 0.1) is 30.2 Å². The molecule has 1 heterocycles. The number of ether oxygens (including phenoxy) is 2. The first-order valence-electron chi connectivity index (χ1n) is 18.2. The lowest BCUT2D eigenvalue weighted by atomic mass is 9.98. The summed E-state index contributed by atoms with van der Waals surface area (Å²) in [5.74, 6) is -0.284. The number of hydrogen-bond donors (Lipinski definition) is 4. The van der Waals surface area contributed by atoms with Crippen LogP contribution in [0.25, 0.3) is 11.1 Å². The molecule has 1 aliphatic heterocycles. The number of likely N-dealkylation sites (N-methyl/N-ethyl adjacent to an activating group) is 1. The van der Waals surface area contributed by atoms with E-state index in [-0.39, 0.29) is 43.5 Å². The van der Waals surface area contributed by atoms with E-state index in [0.29, 0.717) is 30.8 Å². The van der Waals surface area contributed by atoms with E-state index in [4.69, 9.17) is 15.2 Å². The summed E-state index contributed by atoms with van der Waals surface area (Å²) in [5, 5.41) is 15.4. The van der Waals surface area contributed by atoms with Crippen LogP contribution in [0.5, 0.6) is 0 Å². The number of carbonyl (C=O) groups is 2. The molecule has 0 radical (unpaired) electrons. The molecule has 5 aromatic carbocycles. The first-order valence-corrected chi connectivity index (χ1v) is 18.2. The number of anilines is 2. The van der Waals surface area contributed by atoms with Gasteiger partial charge in [0.2, 0.25) is 11.8 Å². The van der Waals surface area contributed by atoms with Gasteiger partial charge in [0, 0.05) is 44.5 Å². The van der Waals surface area contributed by atoms with Crippen LogP contribution in [-0.2, 0) is 38.8 Å². The lowest BCUT2D eigenvalue weighted by molar-refractivity contribution is -0.252. The molecule has 9 nitrogen and oxygen atoms in total. The Kier molecular flexibility index (Phi) is 13.0. The van der Waals surface area contributed by atoms with Crippen LogP contribution in [0.15, 0.2) is 127 Å². The van der Waals surface area contributed by atoms with Gasteiger partial charge in [-0.15, -0.1) is 0 Å². The van der Waals surface area contributed by atoms with Crippen LogP contribution in [0.1, 0.15) is 65.9 Å². The van der Waals surface area contributed by atoms with Gasteiger partial charge >= 0.3 is 0 Å². The Morgan fingerprint density at radius 2 is 1.45 bits per heavy atom. The molecular formula is C44H48N4O5. The molecular weight excluding hydrogens is 665 g/mol. The summed E-state index contributed by atoms with van der Waals surface area (Å²) in [7, 11) is 2.12. The largest absolute Gasteiger partial charge is 0.397 e. The van der Waals surface area contributed by atoms with Crippen LogP contribution >= 0.6 is 0 Å². The molecule has 5 aromatic rings. The van der Waals surface area contributed by atoms with Gasteiger partial charge in [-0.25, -0.2) is 0 Å².